The molecule has 4 heterocycles. The first kappa shape index (κ1) is 19.0. The van der Waals surface area contributed by atoms with Gasteiger partial charge >= 0.3 is 0 Å². The molecule has 1 amide bonds. The van der Waals surface area contributed by atoms with Gasteiger partial charge in [0.15, 0.2) is 5.76 Å². The quantitative estimate of drug-likeness (QED) is 0.645. The van der Waals surface area contributed by atoms with Crippen molar-refractivity contribution in [3.8, 4) is 5.75 Å². The first-order valence-corrected chi connectivity index (χ1v) is 10.6. The van der Waals surface area contributed by atoms with Crippen LogP contribution in [0.5, 0.6) is 5.75 Å². The number of aromatic nitrogens is 1. The van der Waals surface area contributed by atoms with Crippen LogP contribution in [0.3, 0.4) is 0 Å². The second-order valence-corrected chi connectivity index (χ2v) is 8.04. The van der Waals surface area contributed by atoms with E-state index in [1.165, 1.54) is 11.3 Å². The normalized spacial score (nSPS) is 19.1. The maximum atomic E-state index is 12.6. The molecule has 1 atom stereocenters. The first-order valence-electron chi connectivity index (χ1n) is 10.6. The van der Waals surface area contributed by atoms with Gasteiger partial charge in [-0.2, -0.15) is 0 Å². The summed E-state index contributed by atoms with van der Waals surface area (Å²) in [4.78, 5) is 16.9. The van der Waals surface area contributed by atoms with Crippen LogP contribution < -0.4 is 4.74 Å². The molecule has 0 spiro atoms. The zero-order chi connectivity index (χ0) is 20.5. The molecule has 1 aromatic carbocycles. The van der Waals surface area contributed by atoms with Gasteiger partial charge in [0.2, 0.25) is 0 Å². The monoisotopic (exact) mass is 405 g/mol. The Morgan fingerprint density at radius 2 is 1.93 bits per heavy atom. The molecule has 2 aliphatic rings. The van der Waals surface area contributed by atoms with Crippen LogP contribution in [-0.2, 0) is 13.1 Å². The fraction of sp³-hybridized carbons (Fsp3) is 0.375. The molecule has 5 rings (SSSR count). The molecule has 1 fully saturated rings. The second-order valence-electron chi connectivity index (χ2n) is 8.04. The lowest BCUT2D eigenvalue weighted by atomic mass is 9.99. The van der Waals surface area contributed by atoms with E-state index in [9.17, 15) is 4.79 Å². The number of amides is 1. The van der Waals surface area contributed by atoms with Crippen LogP contribution in [0.1, 0.15) is 46.5 Å². The summed E-state index contributed by atoms with van der Waals surface area (Å²) in [5, 5.41) is 0. The van der Waals surface area contributed by atoms with Gasteiger partial charge in [0.1, 0.15) is 11.5 Å². The van der Waals surface area contributed by atoms with E-state index < -0.39 is 0 Å². The summed E-state index contributed by atoms with van der Waals surface area (Å²) in [7, 11) is 1.70. The highest BCUT2D eigenvalue weighted by atomic mass is 16.5. The summed E-state index contributed by atoms with van der Waals surface area (Å²) in [5.74, 6) is 2.14. The van der Waals surface area contributed by atoms with E-state index in [0.717, 1.165) is 50.5 Å². The van der Waals surface area contributed by atoms with E-state index in [0.29, 0.717) is 12.3 Å². The summed E-state index contributed by atoms with van der Waals surface area (Å²) in [6, 6.07) is 16.4. The lowest BCUT2D eigenvalue weighted by Crippen LogP contribution is -2.37. The Hall–Kier alpha value is -2.99. The van der Waals surface area contributed by atoms with Crippen LogP contribution in [-0.4, -0.2) is 47.0 Å². The predicted octanol–water partition coefficient (Wildman–Crippen LogP) is 3.93. The highest BCUT2D eigenvalue weighted by molar-refractivity contribution is 5.91. The summed E-state index contributed by atoms with van der Waals surface area (Å²) in [5.41, 5.74) is 2.45. The molecule has 6 nitrogen and oxygen atoms in total. The minimum absolute atomic E-state index is 0.00983. The predicted molar refractivity (Wildman–Crippen MR) is 114 cm³/mol. The van der Waals surface area contributed by atoms with Crippen molar-refractivity contribution >= 4 is 5.91 Å². The Labute approximate surface area is 176 Å². The van der Waals surface area contributed by atoms with Crippen LogP contribution >= 0.6 is 0 Å². The van der Waals surface area contributed by atoms with Gasteiger partial charge in [-0.3, -0.25) is 9.69 Å². The number of hydrogen-bond acceptors (Lipinski definition) is 4. The van der Waals surface area contributed by atoms with Crippen LogP contribution in [0.4, 0.5) is 0 Å². The highest BCUT2D eigenvalue weighted by Gasteiger charge is 2.30. The van der Waals surface area contributed by atoms with E-state index in [2.05, 4.69) is 39.9 Å². The second kappa shape index (κ2) is 8.03. The fourth-order valence-corrected chi connectivity index (χ4v) is 4.65. The molecular weight excluding hydrogens is 378 g/mol. The van der Waals surface area contributed by atoms with Crippen molar-refractivity contribution < 1.29 is 13.9 Å². The summed E-state index contributed by atoms with van der Waals surface area (Å²) >= 11 is 0. The molecule has 0 N–H and O–H groups in total. The van der Waals surface area contributed by atoms with Crippen LogP contribution in [0.2, 0.25) is 0 Å². The number of benzene rings is 1. The number of nitrogens with zero attached hydrogens (tertiary/aromatic N) is 3. The van der Waals surface area contributed by atoms with Gasteiger partial charge in [0.05, 0.1) is 19.7 Å². The zero-order valence-electron chi connectivity index (χ0n) is 17.3. The molecule has 3 aromatic rings. The number of likely N-dealkylation sites (tertiary alicyclic amines) is 1. The minimum Gasteiger partial charge on any atom is -0.497 e. The van der Waals surface area contributed by atoms with Gasteiger partial charge in [0, 0.05) is 38.1 Å². The van der Waals surface area contributed by atoms with Gasteiger partial charge in [-0.05, 0) is 54.8 Å². The smallest absolute Gasteiger partial charge is 0.289 e. The van der Waals surface area contributed by atoms with Crippen molar-refractivity contribution in [2.75, 3.05) is 26.7 Å². The standard InChI is InChI=1S/C24H27N3O3/c1-29-19-7-4-6-18(16-19)23-21-8-5-13-25(21)14-15-27(23)17-20-9-10-22(30-20)24(28)26-11-2-3-12-26/h4-10,13,16,23H,2-3,11-12,14-15,17H2,1H3. The zero-order valence-corrected chi connectivity index (χ0v) is 17.3. The Kier molecular flexibility index (Phi) is 5.09. The topological polar surface area (TPSA) is 50.9 Å². The molecule has 2 aromatic heterocycles. The summed E-state index contributed by atoms with van der Waals surface area (Å²) in [6.07, 6.45) is 4.30. The van der Waals surface area contributed by atoms with Crippen LogP contribution in [0, 0.1) is 0 Å². The van der Waals surface area contributed by atoms with Crippen molar-refractivity contribution in [3.63, 3.8) is 0 Å². The number of hydrogen-bond donors (Lipinski definition) is 0. The number of carbonyl (C=O) groups excluding carboxylic acids is 1. The third-order valence-electron chi connectivity index (χ3n) is 6.17. The highest BCUT2D eigenvalue weighted by Crippen LogP contribution is 2.35. The molecular formula is C24H27N3O3. The first-order chi connectivity index (χ1) is 14.7. The minimum atomic E-state index is 0.00983. The number of furan rings is 1. The van der Waals surface area contributed by atoms with E-state index in [1.54, 1.807) is 7.11 Å². The van der Waals surface area contributed by atoms with Crippen molar-refractivity contribution in [2.45, 2.75) is 32.0 Å². The maximum Gasteiger partial charge on any atom is 0.289 e. The average Bonchev–Trinajstić information content (AvgIpc) is 3.54. The maximum absolute atomic E-state index is 12.6. The third-order valence-corrected chi connectivity index (χ3v) is 6.17. The molecule has 0 bridgehead atoms. The molecule has 0 radical (unpaired) electrons. The summed E-state index contributed by atoms with van der Waals surface area (Å²) < 4.78 is 13.8. The molecule has 0 aliphatic carbocycles. The van der Waals surface area contributed by atoms with E-state index in [-0.39, 0.29) is 11.9 Å². The number of methoxy groups -OCH3 is 1. The number of ether oxygens (including phenoxy) is 1. The third kappa shape index (κ3) is 3.52. The molecule has 1 saturated heterocycles. The van der Waals surface area contributed by atoms with Gasteiger partial charge < -0.3 is 18.6 Å². The molecule has 6 heteroatoms. The molecule has 0 saturated carbocycles. The Bertz CT molecular complexity index is 1030. The average molecular weight is 405 g/mol. The SMILES string of the molecule is COc1cccc(C2c3cccn3CCN2Cc2ccc(C(=O)N3CCCC3)o2)c1. The number of rotatable bonds is 5. The Morgan fingerprint density at radius 1 is 1.07 bits per heavy atom. The lowest BCUT2D eigenvalue weighted by Gasteiger charge is -2.37. The summed E-state index contributed by atoms with van der Waals surface area (Å²) in [6.45, 7) is 4.15. The van der Waals surface area contributed by atoms with Crippen molar-refractivity contribution in [1.29, 1.82) is 0 Å². The number of fused-ring (bicyclic) bond motifs is 1. The van der Waals surface area contributed by atoms with Gasteiger partial charge in [-0.1, -0.05) is 12.1 Å². The van der Waals surface area contributed by atoms with Crippen LogP contribution in [0.15, 0.2) is 59.1 Å². The van der Waals surface area contributed by atoms with E-state index in [4.69, 9.17) is 9.15 Å². The molecule has 156 valence electrons. The van der Waals surface area contributed by atoms with E-state index >= 15 is 0 Å². The number of carbonyl (C=O) groups is 1. The fourth-order valence-electron chi connectivity index (χ4n) is 4.65. The molecule has 2 aliphatic heterocycles. The van der Waals surface area contributed by atoms with Crippen molar-refractivity contribution in [3.05, 3.63) is 77.5 Å². The molecule has 1 unspecified atom stereocenters. The Morgan fingerprint density at radius 3 is 2.77 bits per heavy atom. The molecule has 30 heavy (non-hydrogen) atoms. The van der Waals surface area contributed by atoms with Crippen molar-refractivity contribution in [1.82, 2.24) is 14.4 Å². The van der Waals surface area contributed by atoms with Gasteiger partial charge in [-0.15, -0.1) is 0 Å². The van der Waals surface area contributed by atoms with Gasteiger partial charge in [-0.25, -0.2) is 0 Å². The van der Waals surface area contributed by atoms with E-state index in [1.807, 2.05) is 29.2 Å². The van der Waals surface area contributed by atoms with Crippen molar-refractivity contribution in [2.24, 2.45) is 0 Å². The lowest BCUT2D eigenvalue weighted by molar-refractivity contribution is 0.0755. The largest absolute Gasteiger partial charge is 0.497 e. The van der Waals surface area contributed by atoms with Gasteiger partial charge in [0.25, 0.3) is 5.91 Å². The Balaban J connectivity index is 1.41. The van der Waals surface area contributed by atoms with Crippen LogP contribution in [0.25, 0.3) is 0 Å².